The predicted octanol–water partition coefficient (Wildman–Crippen LogP) is 5.72. The van der Waals surface area contributed by atoms with Gasteiger partial charge >= 0.3 is 11.9 Å². The lowest BCUT2D eigenvalue weighted by molar-refractivity contribution is -0.156. The fourth-order valence-electron chi connectivity index (χ4n) is 4.50. The first-order chi connectivity index (χ1) is 22.3. The smallest absolute Gasteiger partial charge is 0.307 e. The van der Waals surface area contributed by atoms with Gasteiger partial charge in [0, 0.05) is 40.5 Å². The van der Waals surface area contributed by atoms with Crippen LogP contribution in [0.2, 0.25) is 0 Å². The van der Waals surface area contributed by atoms with Gasteiger partial charge in [-0.3, -0.25) is 19.2 Å². The Morgan fingerprint density at radius 2 is 1.21 bits per heavy atom. The molecule has 0 bridgehead atoms. The first-order valence-electron chi connectivity index (χ1n) is 16.2. The second-order valence-corrected chi connectivity index (χ2v) is 14.3. The van der Waals surface area contributed by atoms with Crippen LogP contribution in [0.5, 0.6) is 0 Å². The second-order valence-electron chi connectivity index (χ2n) is 14.3. The third kappa shape index (κ3) is 13.8. The fraction of sp³-hybridized carbons (Fsp3) is 0.629. The average molecular weight is 673 g/mol. The lowest BCUT2D eigenvalue weighted by Gasteiger charge is -2.22. The SMILES string of the molecule is CN(C)C(=O)c1coc([C@H](C/C=C\C2CCC2)CC(=O)OC(C)(C)C)n1.CN(C)C(=O)c1coc([C@H](CC=O)CC(=O)OC(C)(C)C)n1. The average Bonchev–Trinajstić information content (AvgIpc) is 3.61. The van der Waals surface area contributed by atoms with Crippen molar-refractivity contribution in [1.29, 1.82) is 0 Å². The maximum Gasteiger partial charge on any atom is 0.307 e. The third-order valence-corrected chi connectivity index (χ3v) is 7.02. The molecule has 1 fully saturated rings. The number of amides is 2. The summed E-state index contributed by atoms with van der Waals surface area (Å²) in [4.78, 5) is 70.0. The maximum atomic E-state index is 12.3. The van der Waals surface area contributed by atoms with Gasteiger partial charge in [0.05, 0.1) is 18.8 Å². The molecule has 3 rings (SSSR count). The largest absolute Gasteiger partial charge is 0.460 e. The van der Waals surface area contributed by atoms with E-state index in [1.165, 1.54) is 41.6 Å². The first-order valence-corrected chi connectivity index (χ1v) is 16.2. The number of oxazole rings is 2. The number of allylic oxidation sites excluding steroid dienone is 2. The lowest BCUT2D eigenvalue weighted by atomic mass is 9.85. The summed E-state index contributed by atoms with van der Waals surface area (Å²) in [6, 6.07) is 0. The molecule has 0 unspecified atom stereocenters. The highest BCUT2D eigenvalue weighted by Crippen LogP contribution is 2.30. The summed E-state index contributed by atoms with van der Waals surface area (Å²) >= 11 is 0. The molecular formula is C35H52N4O9. The molecule has 0 saturated heterocycles. The molecule has 2 aromatic rings. The van der Waals surface area contributed by atoms with Gasteiger partial charge in [-0.05, 0) is 66.7 Å². The molecule has 0 N–H and O–H groups in total. The molecule has 0 radical (unpaired) electrons. The van der Waals surface area contributed by atoms with Gasteiger partial charge in [-0.1, -0.05) is 18.6 Å². The Balaban J connectivity index is 0.000000339. The van der Waals surface area contributed by atoms with Crippen molar-refractivity contribution in [2.45, 2.75) is 110 Å². The van der Waals surface area contributed by atoms with E-state index in [9.17, 15) is 24.0 Å². The molecule has 0 aliphatic heterocycles. The number of hydrogen-bond donors (Lipinski definition) is 0. The number of carbonyl (C=O) groups is 5. The van der Waals surface area contributed by atoms with Crippen molar-refractivity contribution in [2.75, 3.05) is 28.2 Å². The van der Waals surface area contributed by atoms with Gasteiger partial charge in [0.15, 0.2) is 23.2 Å². The van der Waals surface area contributed by atoms with E-state index in [-0.39, 0.29) is 60.2 Å². The van der Waals surface area contributed by atoms with Crippen LogP contribution in [-0.4, -0.2) is 89.2 Å². The number of rotatable bonds is 13. The maximum absolute atomic E-state index is 12.3. The monoisotopic (exact) mass is 672 g/mol. The topological polar surface area (TPSA) is 162 Å². The van der Waals surface area contributed by atoms with Crippen LogP contribution >= 0.6 is 0 Å². The number of aldehydes is 1. The fourth-order valence-corrected chi connectivity index (χ4v) is 4.50. The van der Waals surface area contributed by atoms with E-state index >= 15 is 0 Å². The van der Waals surface area contributed by atoms with E-state index < -0.39 is 23.1 Å². The van der Waals surface area contributed by atoms with Gasteiger partial charge in [-0.25, -0.2) is 9.97 Å². The number of esters is 2. The van der Waals surface area contributed by atoms with E-state index in [2.05, 4.69) is 22.1 Å². The van der Waals surface area contributed by atoms with Crippen LogP contribution in [0.4, 0.5) is 0 Å². The highest BCUT2D eigenvalue weighted by Gasteiger charge is 2.27. The zero-order chi connectivity index (χ0) is 36.2. The Kier molecular flexibility index (Phi) is 14.7. The van der Waals surface area contributed by atoms with Crippen molar-refractivity contribution in [1.82, 2.24) is 19.8 Å². The van der Waals surface area contributed by atoms with E-state index in [1.807, 2.05) is 20.8 Å². The number of hydrogen-bond acceptors (Lipinski definition) is 11. The van der Waals surface area contributed by atoms with Crippen LogP contribution in [-0.2, 0) is 23.9 Å². The van der Waals surface area contributed by atoms with Gasteiger partial charge in [-0.15, -0.1) is 0 Å². The van der Waals surface area contributed by atoms with Crippen molar-refractivity contribution in [3.8, 4) is 0 Å². The van der Waals surface area contributed by atoms with Crippen molar-refractivity contribution in [3.05, 3.63) is 47.8 Å². The predicted molar refractivity (Wildman–Crippen MR) is 177 cm³/mol. The van der Waals surface area contributed by atoms with Gasteiger partial charge in [0.2, 0.25) is 0 Å². The van der Waals surface area contributed by atoms with Crippen molar-refractivity contribution in [3.63, 3.8) is 0 Å². The molecule has 1 aliphatic rings. The summed E-state index contributed by atoms with van der Waals surface area (Å²) in [5.41, 5.74) is -0.750. The van der Waals surface area contributed by atoms with E-state index in [1.54, 1.807) is 49.0 Å². The molecular weight excluding hydrogens is 620 g/mol. The standard InChI is InChI=1S/C20H30N2O4.C15H22N2O5/c1-20(2,3)26-17(23)12-15(11-7-10-14-8-6-9-14)18-21-16(13-25-18)19(24)22(4)5;1-15(2,3)22-12(19)8-10(6-7-18)13-16-11(9-21-13)14(20)17(4)5/h7,10,13-15H,6,8-9,11-12H2,1-5H3;7,9-10H,6,8H2,1-5H3/b10-7-;/t15-;10-/m11/s1. The van der Waals surface area contributed by atoms with Crippen LogP contribution in [0.15, 0.2) is 33.5 Å². The summed E-state index contributed by atoms with van der Waals surface area (Å²) in [6.45, 7) is 10.8. The van der Waals surface area contributed by atoms with Crippen LogP contribution in [0.1, 0.15) is 131 Å². The van der Waals surface area contributed by atoms with Crippen LogP contribution in [0, 0.1) is 5.92 Å². The van der Waals surface area contributed by atoms with Gasteiger partial charge in [0.1, 0.15) is 30.0 Å². The normalized spacial score (nSPS) is 14.6. The number of nitrogens with zero attached hydrogens (tertiary/aromatic N) is 4. The van der Waals surface area contributed by atoms with Gasteiger partial charge in [0.25, 0.3) is 11.8 Å². The quantitative estimate of drug-likeness (QED) is 0.145. The molecule has 1 saturated carbocycles. The van der Waals surface area contributed by atoms with Crippen molar-refractivity contribution in [2.24, 2.45) is 5.92 Å². The Morgan fingerprint density at radius 1 is 0.792 bits per heavy atom. The number of aromatic nitrogens is 2. The molecule has 48 heavy (non-hydrogen) atoms. The Bertz CT molecular complexity index is 1410. The minimum absolute atomic E-state index is 0.0356. The van der Waals surface area contributed by atoms with E-state index in [4.69, 9.17) is 18.3 Å². The van der Waals surface area contributed by atoms with Crippen LogP contribution < -0.4 is 0 Å². The van der Waals surface area contributed by atoms with Crippen molar-refractivity contribution >= 4 is 30.0 Å². The summed E-state index contributed by atoms with van der Waals surface area (Å²) < 4.78 is 21.4. The summed E-state index contributed by atoms with van der Waals surface area (Å²) in [5.74, 6) is -0.828. The highest BCUT2D eigenvalue weighted by molar-refractivity contribution is 5.92. The Labute approximate surface area is 283 Å². The van der Waals surface area contributed by atoms with Crippen molar-refractivity contribution < 1.29 is 42.3 Å². The van der Waals surface area contributed by atoms with Gasteiger partial charge < -0.3 is 32.9 Å². The minimum atomic E-state index is -0.606. The third-order valence-electron chi connectivity index (χ3n) is 7.02. The molecule has 266 valence electrons. The molecule has 2 amide bonds. The van der Waals surface area contributed by atoms with Gasteiger partial charge in [-0.2, -0.15) is 0 Å². The number of ether oxygens (including phenoxy) is 2. The molecule has 2 aromatic heterocycles. The number of carbonyl (C=O) groups excluding carboxylic acids is 5. The Morgan fingerprint density at radius 3 is 1.54 bits per heavy atom. The molecule has 1 aliphatic carbocycles. The Hall–Kier alpha value is -4.29. The molecule has 0 aromatic carbocycles. The lowest BCUT2D eigenvalue weighted by Crippen LogP contribution is -2.25. The van der Waals surface area contributed by atoms with E-state index in [0.717, 1.165) is 0 Å². The summed E-state index contributed by atoms with van der Waals surface area (Å²) in [5, 5.41) is 0. The summed E-state index contributed by atoms with van der Waals surface area (Å²) in [7, 11) is 6.52. The summed E-state index contributed by atoms with van der Waals surface area (Å²) in [6.07, 6.45) is 12.1. The highest BCUT2D eigenvalue weighted by atomic mass is 16.6. The molecule has 0 spiro atoms. The molecule has 2 atom stereocenters. The van der Waals surface area contributed by atoms with Crippen LogP contribution in [0.25, 0.3) is 0 Å². The van der Waals surface area contributed by atoms with Crippen LogP contribution in [0.3, 0.4) is 0 Å². The molecule has 13 nitrogen and oxygen atoms in total. The minimum Gasteiger partial charge on any atom is -0.460 e. The van der Waals surface area contributed by atoms with E-state index in [0.29, 0.717) is 24.5 Å². The first kappa shape index (κ1) is 39.9. The molecule has 13 heteroatoms. The zero-order valence-electron chi connectivity index (χ0n) is 30.0. The zero-order valence-corrected chi connectivity index (χ0v) is 30.0. The second kappa shape index (κ2) is 17.7. The molecule has 2 heterocycles.